The van der Waals surface area contributed by atoms with Gasteiger partial charge in [0.1, 0.15) is 5.75 Å². The monoisotopic (exact) mass is 359 g/mol. The lowest BCUT2D eigenvalue weighted by molar-refractivity contribution is -0.384. The molecule has 0 saturated carbocycles. The zero-order valence-electron chi connectivity index (χ0n) is 15.4. The third kappa shape index (κ3) is 4.06. The summed E-state index contributed by atoms with van der Waals surface area (Å²) in [5.74, 6) is 0.797. The fourth-order valence-electron chi connectivity index (χ4n) is 3.21. The Kier molecular flexibility index (Phi) is 5.67. The summed E-state index contributed by atoms with van der Waals surface area (Å²) in [7, 11) is 1.64. The highest BCUT2D eigenvalue weighted by molar-refractivity contribution is 5.98. The first-order valence-electron chi connectivity index (χ1n) is 8.82. The summed E-state index contributed by atoms with van der Waals surface area (Å²) in [6.45, 7) is 2.10. The fourth-order valence-corrected chi connectivity index (χ4v) is 3.21. The lowest BCUT2D eigenvalue weighted by Crippen LogP contribution is -1.96. The van der Waals surface area contributed by atoms with E-state index in [0.29, 0.717) is 0 Å². The number of hydrogen-bond acceptors (Lipinski definition) is 3. The number of ether oxygens (including phenoxy) is 1. The first kappa shape index (κ1) is 18.4. The number of nitro benzene ring substituents is 1. The summed E-state index contributed by atoms with van der Waals surface area (Å²) >= 11 is 0. The minimum Gasteiger partial charge on any atom is -0.497 e. The molecule has 0 N–H and O–H groups in total. The molecule has 0 amide bonds. The van der Waals surface area contributed by atoms with Gasteiger partial charge in [0.2, 0.25) is 0 Å². The molecule has 0 aliphatic heterocycles. The van der Waals surface area contributed by atoms with Crippen LogP contribution in [0.2, 0.25) is 0 Å². The van der Waals surface area contributed by atoms with Crippen LogP contribution in [0.15, 0.2) is 78.9 Å². The van der Waals surface area contributed by atoms with E-state index in [1.165, 1.54) is 6.07 Å². The Labute approximate surface area is 158 Å². The van der Waals surface area contributed by atoms with Crippen molar-refractivity contribution in [2.75, 3.05) is 7.11 Å². The molecule has 3 aromatic carbocycles. The van der Waals surface area contributed by atoms with Crippen LogP contribution in [0.4, 0.5) is 5.69 Å². The Morgan fingerprint density at radius 3 is 2.15 bits per heavy atom. The first-order valence-corrected chi connectivity index (χ1v) is 8.82. The highest BCUT2D eigenvalue weighted by Crippen LogP contribution is 2.35. The Morgan fingerprint density at radius 1 is 0.889 bits per heavy atom. The van der Waals surface area contributed by atoms with E-state index in [4.69, 9.17) is 4.74 Å². The summed E-state index contributed by atoms with van der Waals surface area (Å²) in [6.07, 6.45) is 0.791. The van der Waals surface area contributed by atoms with Gasteiger partial charge in [-0.05, 0) is 46.4 Å². The number of allylic oxidation sites excluding steroid dienone is 1. The third-order valence-electron chi connectivity index (χ3n) is 4.50. The van der Waals surface area contributed by atoms with Crippen LogP contribution in [-0.2, 0) is 0 Å². The lowest BCUT2D eigenvalue weighted by atomic mass is 9.88. The van der Waals surface area contributed by atoms with Crippen molar-refractivity contribution >= 4 is 16.8 Å². The summed E-state index contributed by atoms with van der Waals surface area (Å²) in [5, 5.41) is 11.3. The molecule has 0 saturated heterocycles. The largest absolute Gasteiger partial charge is 0.497 e. The summed E-state index contributed by atoms with van der Waals surface area (Å²) in [6, 6.07) is 24.7. The highest BCUT2D eigenvalue weighted by Gasteiger charge is 2.15. The molecule has 0 aliphatic carbocycles. The van der Waals surface area contributed by atoms with Crippen LogP contribution in [0.5, 0.6) is 5.75 Å². The molecular formula is C23H21NO3. The second kappa shape index (κ2) is 8.32. The summed E-state index contributed by atoms with van der Waals surface area (Å²) in [5.41, 5.74) is 5.17. The van der Waals surface area contributed by atoms with Crippen molar-refractivity contribution < 1.29 is 9.66 Å². The van der Waals surface area contributed by atoms with Gasteiger partial charge in [0.15, 0.2) is 0 Å². The van der Waals surface area contributed by atoms with Crippen molar-refractivity contribution in [3.63, 3.8) is 0 Å². The SMILES string of the molecule is CC/C(=C(\c1ccccc1)c1cccc([N+](=O)[O-])c1)c1ccc(OC)cc1. The topological polar surface area (TPSA) is 52.4 Å². The predicted octanol–water partition coefficient (Wildman–Crippen LogP) is 5.97. The van der Waals surface area contributed by atoms with Gasteiger partial charge >= 0.3 is 0 Å². The van der Waals surface area contributed by atoms with Crippen LogP contribution in [-0.4, -0.2) is 12.0 Å². The summed E-state index contributed by atoms with van der Waals surface area (Å²) < 4.78 is 5.26. The van der Waals surface area contributed by atoms with E-state index in [2.05, 4.69) is 6.92 Å². The van der Waals surface area contributed by atoms with Crippen molar-refractivity contribution in [2.24, 2.45) is 0 Å². The van der Waals surface area contributed by atoms with Crippen molar-refractivity contribution in [3.05, 3.63) is 106 Å². The molecule has 0 radical (unpaired) electrons. The molecular weight excluding hydrogens is 338 g/mol. The molecule has 0 atom stereocenters. The second-order valence-corrected chi connectivity index (χ2v) is 6.11. The smallest absolute Gasteiger partial charge is 0.270 e. The lowest BCUT2D eigenvalue weighted by Gasteiger charge is -2.16. The van der Waals surface area contributed by atoms with Gasteiger partial charge in [0.25, 0.3) is 5.69 Å². The van der Waals surface area contributed by atoms with Crippen molar-refractivity contribution in [1.29, 1.82) is 0 Å². The fraction of sp³-hybridized carbons (Fsp3) is 0.130. The zero-order valence-corrected chi connectivity index (χ0v) is 15.4. The number of rotatable bonds is 6. The van der Waals surface area contributed by atoms with Crippen molar-refractivity contribution in [2.45, 2.75) is 13.3 Å². The minimum atomic E-state index is -0.356. The number of nitrogens with zero attached hydrogens (tertiary/aromatic N) is 1. The quantitative estimate of drug-likeness (QED) is 0.309. The van der Waals surface area contributed by atoms with E-state index >= 15 is 0 Å². The number of methoxy groups -OCH3 is 1. The van der Waals surface area contributed by atoms with Crippen molar-refractivity contribution in [1.82, 2.24) is 0 Å². The number of non-ortho nitro benzene ring substituents is 1. The molecule has 0 aromatic heterocycles. The molecule has 27 heavy (non-hydrogen) atoms. The Bertz CT molecular complexity index is 960. The molecule has 4 nitrogen and oxygen atoms in total. The maximum atomic E-state index is 11.3. The van der Waals surface area contributed by atoms with Crippen LogP contribution in [0.25, 0.3) is 11.1 Å². The molecule has 136 valence electrons. The van der Waals surface area contributed by atoms with Crippen LogP contribution < -0.4 is 4.74 Å². The standard InChI is InChI=1S/C23H21NO3/c1-3-22(17-12-14-21(27-2)15-13-17)23(18-8-5-4-6-9-18)19-10-7-11-20(16-19)24(25)26/h4-16H,3H2,1-2H3/b23-22-. The van der Waals surface area contributed by atoms with Crippen molar-refractivity contribution in [3.8, 4) is 5.75 Å². The average molecular weight is 359 g/mol. The van der Waals surface area contributed by atoms with Gasteiger partial charge in [0, 0.05) is 12.1 Å². The van der Waals surface area contributed by atoms with Gasteiger partial charge in [-0.1, -0.05) is 61.5 Å². The number of benzene rings is 3. The Balaban J connectivity index is 2.25. The molecule has 4 heteroatoms. The van der Waals surface area contributed by atoms with E-state index < -0.39 is 0 Å². The van der Waals surface area contributed by atoms with Gasteiger partial charge < -0.3 is 4.74 Å². The molecule has 0 bridgehead atoms. The number of nitro groups is 1. The van der Waals surface area contributed by atoms with E-state index in [0.717, 1.165) is 40.0 Å². The third-order valence-corrected chi connectivity index (χ3v) is 4.50. The molecule has 0 fully saturated rings. The normalized spacial score (nSPS) is 11.6. The maximum absolute atomic E-state index is 11.3. The first-order chi connectivity index (χ1) is 13.1. The van der Waals surface area contributed by atoms with Crippen LogP contribution in [0.1, 0.15) is 30.0 Å². The van der Waals surface area contributed by atoms with Gasteiger partial charge in [-0.15, -0.1) is 0 Å². The zero-order chi connectivity index (χ0) is 19.2. The number of hydrogen-bond donors (Lipinski definition) is 0. The van der Waals surface area contributed by atoms with Crippen LogP contribution >= 0.6 is 0 Å². The molecule has 0 aliphatic rings. The van der Waals surface area contributed by atoms with Gasteiger partial charge in [-0.3, -0.25) is 10.1 Å². The highest BCUT2D eigenvalue weighted by atomic mass is 16.6. The van der Waals surface area contributed by atoms with E-state index in [1.807, 2.05) is 60.7 Å². The van der Waals surface area contributed by atoms with E-state index in [9.17, 15) is 10.1 Å². The molecule has 3 aromatic rings. The maximum Gasteiger partial charge on any atom is 0.270 e. The molecule has 0 spiro atoms. The van der Waals surface area contributed by atoms with E-state index in [1.54, 1.807) is 19.2 Å². The second-order valence-electron chi connectivity index (χ2n) is 6.11. The predicted molar refractivity (Wildman–Crippen MR) is 109 cm³/mol. The Hall–Kier alpha value is -3.40. The molecule has 3 rings (SSSR count). The molecule has 0 heterocycles. The van der Waals surface area contributed by atoms with Gasteiger partial charge in [0.05, 0.1) is 12.0 Å². The Morgan fingerprint density at radius 2 is 1.56 bits per heavy atom. The average Bonchev–Trinajstić information content (AvgIpc) is 2.72. The minimum absolute atomic E-state index is 0.0890. The van der Waals surface area contributed by atoms with Gasteiger partial charge in [-0.25, -0.2) is 0 Å². The van der Waals surface area contributed by atoms with Gasteiger partial charge in [-0.2, -0.15) is 0 Å². The molecule has 0 unspecified atom stereocenters. The van der Waals surface area contributed by atoms with E-state index in [-0.39, 0.29) is 10.6 Å². The van der Waals surface area contributed by atoms with Crippen LogP contribution in [0, 0.1) is 10.1 Å². The summed E-state index contributed by atoms with van der Waals surface area (Å²) in [4.78, 5) is 10.9. The van der Waals surface area contributed by atoms with Crippen LogP contribution in [0.3, 0.4) is 0 Å².